The number of rotatable bonds is 3. The fourth-order valence-electron chi connectivity index (χ4n) is 3.01. The van der Waals surface area contributed by atoms with Gasteiger partial charge in [-0.2, -0.15) is 0 Å². The maximum Gasteiger partial charge on any atom is 0.410 e. The first-order chi connectivity index (χ1) is 10.5. The number of likely N-dealkylation sites (N-methyl/N-ethyl adjacent to an activating group) is 1. The molecular formula is C16H20N2O4. The molecule has 0 aliphatic carbocycles. The lowest BCUT2D eigenvalue weighted by Gasteiger charge is -2.22. The van der Waals surface area contributed by atoms with Crippen LogP contribution >= 0.6 is 0 Å². The molecule has 0 aromatic heterocycles. The summed E-state index contributed by atoms with van der Waals surface area (Å²) >= 11 is 0. The summed E-state index contributed by atoms with van der Waals surface area (Å²) in [5.74, 6) is 0.641. The standard InChI is InChI=1S/C16H20N2O4/c1-12-5-3-4-6-13(12)21-9-14(19)18-8-7-16(11-18)10-17(2)15(20)22-16/h3-6H,7-11H2,1-2H3. The molecule has 1 unspecified atom stereocenters. The zero-order valence-electron chi connectivity index (χ0n) is 12.9. The number of benzene rings is 1. The van der Waals surface area contributed by atoms with E-state index in [0.29, 0.717) is 26.1 Å². The summed E-state index contributed by atoms with van der Waals surface area (Å²) in [6.07, 6.45) is 0.365. The second-order valence-corrected chi connectivity index (χ2v) is 6.03. The van der Waals surface area contributed by atoms with Crippen molar-refractivity contribution < 1.29 is 19.1 Å². The molecule has 3 rings (SSSR count). The number of ether oxygens (including phenoxy) is 2. The van der Waals surface area contributed by atoms with Gasteiger partial charge in [-0.25, -0.2) is 4.79 Å². The number of nitrogens with zero attached hydrogens (tertiary/aromatic N) is 2. The van der Waals surface area contributed by atoms with Crippen LogP contribution < -0.4 is 4.74 Å². The van der Waals surface area contributed by atoms with Crippen molar-refractivity contribution in [3.8, 4) is 5.75 Å². The van der Waals surface area contributed by atoms with E-state index in [1.54, 1.807) is 16.8 Å². The summed E-state index contributed by atoms with van der Waals surface area (Å²) in [5, 5.41) is 0. The van der Waals surface area contributed by atoms with E-state index in [-0.39, 0.29) is 18.6 Å². The van der Waals surface area contributed by atoms with Crippen molar-refractivity contribution in [2.75, 3.05) is 33.3 Å². The summed E-state index contributed by atoms with van der Waals surface area (Å²) in [4.78, 5) is 27.1. The van der Waals surface area contributed by atoms with Crippen molar-refractivity contribution in [2.24, 2.45) is 0 Å². The molecule has 1 aromatic carbocycles. The zero-order chi connectivity index (χ0) is 15.7. The van der Waals surface area contributed by atoms with Crippen LogP contribution in [0.4, 0.5) is 4.79 Å². The molecule has 0 bridgehead atoms. The van der Waals surface area contributed by atoms with Crippen molar-refractivity contribution in [1.82, 2.24) is 9.80 Å². The minimum atomic E-state index is -0.538. The Balaban J connectivity index is 1.56. The van der Waals surface area contributed by atoms with Gasteiger partial charge in [0.15, 0.2) is 12.2 Å². The third kappa shape index (κ3) is 2.73. The van der Waals surface area contributed by atoms with Gasteiger partial charge in [0.25, 0.3) is 5.91 Å². The Labute approximate surface area is 129 Å². The van der Waals surface area contributed by atoms with Crippen LogP contribution in [-0.4, -0.2) is 60.7 Å². The summed E-state index contributed by atoms with van der Waals surface area (Å²) in [7, 11) is 1.71. The third-order valence-electron chi connectivity index (χ3n) is 4.25. The van der Waals surface area contributed by atoms with Crippen molar-refractivity contribution in [2.45, 2.75) is 18.9 Å². The SMILES string of the molecule is Cc1ccccc1OCC(=O)N1CCC2(CN(C)C(=O)O2)C1. The quantitative estimate of drug-likeness (QED) is 0.847. The molecule has 2 aliphatic rings. The first-order valence-corrected chi connectivity index (χ1v) is 7.39. The van der Waals surface area contributed by atoms with Crippen LogP contribution in [0.3, 0.4) is 0 Å². The lowest BCUT2D eigenvalue weighted by atomic mass is 10.0. The van der Waals surface area contributed by atoms with Crippen LogP contribution in [0.5, 0.6) is 5.75 Å². The molecule has 2 aliphatic heterocycles. The largest absolute Gasteiger partial charge is 0.484 e. The summed E-state index contributed by atoms with van der Waals surface area (Å²) in [6, 6.07) is 7.60. The van der Waals surface area contributed by atoms with Crippen LogP contribution in [0.1, 0.15) is 12.0 Å². The van der Waals surface area contributed by atoms with E-state index in [4.69, 9.17) is 9.47 Å². The lowest BCUT2D eigenvalue weighted by molar-refractivity contribution is -0.133. The van der Waals surface area contributed by atoms with E-state index < -0.39 is 5.60 Å². The average molecular weight is 304 g/mol. The van der Waals surface area contributed by atoms with Gasteiger partial charge in [-0.15, -0.1) is 0 Å². The van der Waals surface area contributed by atoms with Crippen molar-refractivity contribution in [3.63, 3.8) is 0 Å². The van der Waals surface area contributed by atoms with Gasteiger partial charge in [-0.05, 0) is 18.6 Å². The number of hydrogen-bond acceptors (Lipinski definition) is 4. The van der Waals surface area contributed by atoms with Crippen LogP contribution in [0.15, 0.2) is 24.3 Å². The van der Waals surface area contributed by atoms with Gasteiger partial charge in [0, 0.05) is 20.0 Å². The second kappa shape index (κ2) is 5.51. The third-order valence-corrected chi connectivity index (χ3v) is 4.25. The first-order valence-electron chi connectivity index (χ1n) is 7.39. The lowest BCUT2D eigenvalue weighted by Crippen LogP contribution is -2.40. The van der Waals surface area contributed by atoms with Gasteiger partial charge >= 0.3 is 6.09 Å². The van der Waals surface area contributed by atoms with E-state index in [9.17, 15) is 9.59 Å². The smallest absolute Gasteiger partial charge is 0.410 e. The van der Waals surface area contributed by atoms with Crippen LogP contribution in [0.2, 0.25) is 0 Å². The number of carbonyl (C=O) groups excluding carboxylic acids is 2. The Hall–Kier alpha value is -2.24. The summed E-state index contributed by atoms with van der Waals surface area (Å²) < 4.78 is 11.0. The van der Waals surface area contributed by atoms with E-state index in [1.807, 2.05) is 31.2 Å². The highest BCUT2D eigenvalue weighted by molar-refractivity contribution is 5.78. The van der Waals surface area contributed by atoms with Gasteiger partial charge < -0.3 is 19.3 Å². The highest BCUT2D eigenvalue weighted by Gasteiger charge is 2.49. The predicted octanol–water partition coefficient (Wildman–Crippen LogP) is 1.43. The number of likely N-dealkylation sites (tertiary alicyclic amines) is 1. The first kappa shape index (κ1) is 14.7. The van der Waals surface area contributed by atoms with Crippen LogP contribution in [-0.2, 0) is 9.53 Å². The summed E-state index contributed by atoms with van der Waals surface area (Å²) in [5.41, 5.74) is 0.462. The molecule has 2 amide bonds. The highest BCUT2D eigenvalue weighted by Crippen LogP contribution is 2.31. The average Bonchev–Trinajstić information content (AvgIpc) is 3.01. The molecular weight excluding hydrogens is 284 g/mol. The monoisotopic (exact) mass is 304 g/mol. The van der Waals surface area contributed by atoms with Gasteiger partial charge in [-0.1, -0.05) is 18.2 Å². The maximum absolute atomic E-state index is 12.3. The van der Waals surface area contributed by atoms with Gasteiger partial charge in [-0.3, -0.25) is 4.79 Å². The van der Waals surface area contributed by atoms with E-state index in [1.165, 1.54) is 0 Å². The van der Waals surface area contributed by atoms with Gasteiger partial charge in [0.2, 0.25) is 0 Å². The van der Waals surface area contributed by atoms with E-state index in [2.05, 4.69) is 0 Å². The van der Waals surface area contributed by atoms with E-state index >= 15 is 0 Å². The molecule has 1 atom stereocenters. The molecule has 0 radical (unpaired) electrons. The minimum Gasteiger partial charge on any atom is -0.484 e. The normalized spacial score (nSPS) is 24.0. The van der Waals surface area contributed by atoms with Crippen molar-refractivity contribution >= 4 is 12.0 Å². The van der Waals surface area contributed by atoms with Gasteiger partial charge in [0.05, 0.1) is 13.1 Å². The Morgan fingerprint density at radius 3 is 2.82 bits per heavy atom. The fourth-order valence-corrected chi connectivity index (χ4v) is 3.01. The van der Waals surface area contributed by atoms with Crippen molar-refractivity contribution in [1.29, 1.82) is 0 Å². The molecule has 0 N–H and O–H groups in total. The Morgan fingerprint density at radius 1 is 1.36 bits per heavy atom. The second-order valence-electron chi connectivity index (χ2n) is 6.03. The van der Waals surface area contributed by atoms with Crippen LogP contribution in [0, 0.1) is 6.92 Å². The number of para-hydroxylation sites is 1. The molecule has 22 heavy (non-hydrogen) atoms. The van der Waals surface area contributed by atoms with E-state index in [0.717, 1.165) is 11.3 Å². The predicted molar refractivity (Wildman–Crippen MR) is 79.7 cm³/mol. The highest BCUT2D eigenvalue weighted by atomic mass is 16.6. The molecule has 0 saturated carbocycles. The molecule has 118 valence electrons. The van der Waals surface area contributed by atoms with Gasteiger partial charge in [0.1, 0.15) is 5.75 Å². The Bertz CT molecular complexity index is 604. The Morgan fingerprint density at radius 2 is 2.14 bits per heavy atom. The molecule has 6 nitrogen and oxygen atoms in total. The van der Waals surface area contributed by atoms with Crippen LogP contribution in [0.25, 0.3) is 0 Å². The number of carbonyl (C=O) groups is 2. The molecule has 2 fully saturated rings. The zero-order valence-corrected chi connectivity index (χ0v) is 12.9. The fraction of sp³-hybridized carbons (Fsp3) is 0.500. The molecule has 6 heteroatoms. The minimum absolute atomic E-state index is 0.00468. The topological polar surface area (TPSA) is 59.1 Å². The molecule has 2 heterocycles. The maximum atomic E-state index is 12.3. The molecule has 1 aromatic rings. The number of amides is 2. The summed E-state index contributed by atoms with van der Waals surface area (Å²) in [6.45, 7) is 3.52. The molecule has 1 spiro atoms. The number of aryl methyl sites for hydroxylation is 1. The van der Waals surface area contributed by atoms with Crippen molar-refractivity contribution in [3.05, 3.63) is 29.8 Å². The Kier molecular flexibility index (Phi) is 3.68. The molecule has 2 saturated heterocycles. The number of hydrogen-bond donors (Lipinski definition) is 0.